The molecule has 1 aliphatic rings. The van der Waals surface area contributed by atoms with E-state index in [0.717, 1.165) is 16.9 Å². The van der Waals surface area contributed by atoms with Gasteiger partial charge in [-0.1, -0.05) is 6.07 Å². The zero-order valence-electron chi connectivity index (χ0n) is 13.8. The van der Waals surface area contributed by atoms with Crippen LogP contribution in [0.5, 0.6) is 5.75 Å². The third-order valence-electron chi connectivity index (χ3n) is 4.00. The molecule has 126 valence electrons. The summed E-state index contributed by atoms with van der Waals surface area (Å²) in [6.07, 6.45) is 1.30. The van der Waals surface area contributed by atoms with Crippen LogP contribution >= 0.6 is 0 Å². The maximum absolute atomic E-state index is 12.3. The number of carbonyl (C=O) groups is 2. The molecule has 0 saturated heterocycles. The average molecular weight is 329 g/mol. The van der Waals surface area contributed by atoms with E-state index in [4.69, 9.17) is 4.74 Å². The van der Waals surface area contributed by atoms with Gasteiger partial charge in [-0.3, -0.25) is 14.9 Å². The molecule has 2 heterocycles. The van der Waals surface area contributed by atoms with Gasteiger partial charge in [0, 0.05) is 13.5 Å². The van der Waals surface area contributed by atoms with Gasteiger partial charge in [-0.15, -0.1) is 5.10 Å². The summed E-state index contributed by atoms with van der Waals surface area (Å²) in [5, 5.41) is 9.16. The van der Waals surface area contributed by atoms with Crippen LogP contribution in [0, 0.1) is 13.8 Å². The average Bonchev–Trinajstić information content (AvgIpc) is 3.14. The number of hydrogen-bond donors (Lipinski definition) is 2. The largest absolute Gasteiger partial charge is 0.480 e. The number of aryl methyl sites for hydroxylation is 2. The number of likely N-dealkylation sites (N-methyl/N-ethyl adjacent to an activating group) is 1. The summed E-state index contributed by atoms with van der Waals surface area (Å²) in [5.74, 6) is 0.393. The number of hydrogen-bond acceptors (Lipinski definition) is 5. The highest BCUT2D eigenvalue weighted by Crippen LogP contribution is 2.31. The van der Waals surface area contributed by atoms with E-state index in [2.05, 4.69) is 20.7 Å². The minimum Gasteiger partial charge on any atom is -0.480 e. The van der Waals surface area contributed by atoms with Crippen molar-refractivity contribution in [2.75, 3.05) is 12.4 Å². The zero-order valence-corrected chi connectivity index (χ0v) is 13.8. The molecule has 1 atom stereocenters. The first-order valence-corrected chi connectivity index (χ1v) is 7.64. The van der Waals surface area contributed by atoms with Crippen molar-refractivity contribution in [1.29, 1.82) is 0 Å². The van der Waals surface area contributed by atoms with E-state index in [1.165, 1.54) is 16.6 Å². The molecule has 0 fully saturated rings. The molecule has 1 unspecified atom stereocenters. The quantitative estimate of drug-likeness (QED) is 0.855. The molecule has 1 aromatic carbocycles. The van der Waals surface area contributed by atoms with E-state index in [9.17, 15) is 9.59 Å². The number of carbonyl (C=O) groups excluding carboxylic acids is 2. The number of fused-ring (bicyclic) bond motifs is 1. The molecular formula is C16H19N5O3. The number of benzene rings is 1. The Labute approximate surface area is 139 Å². The lowest BCUT2D eigenvalue weighted by atomic mass is 10.0. The van der Waals surface area contributed by atoms with Crippen molar-refractivity contribution in [2.45, 2.75) is 32.9 Å². The molecule has 2 amide bonds. The minimum absolute atomic E-state index is 0.0449. The monoisotopic (exact) mass is 329 g/mol. The van der Waals surface area contributed by atoms with Crippen molar-refractivity contribution in [3.05, 3.63) is 35.2 Å². The maximum atomic E-state index is 12.3. The first-order valence-electron chi connectivity index (χ1n) is 7.64. The summed E-state index contributed by atoms with van der Waals surface area (Å²) in [7, 11) is 1.54. The van der Waals surface area contributed by atoms with Crippen LogP contribution in [-0.4, -0.2) is 39.7 Å². The molecule has 1 aromatic heterocycles. The van der Waals surface area contributed by atoms with Crippen molar-refractivity contribution in [2.24, 2.45) is 0 Å². The Morgan fingerprint density at radius 2 is 2.08 bits per heavy atom. The molecule has 3 rings (SSSR count). The topological polar surface area (TPSA) is 98.1 Å². The van der Waals surface area contributed by atoms with Gasteiger partial charge in [-0.25, -0.2) is 9.67 Å². The lowest BCUT2D eigenvalue weighted by Crippen LogP contribution is -2.32. The predicted octanol–water partition coefficient (Wildman–Crippen LogP) is 0.583. The van der Waals surface area contributed by atoms with Crippen LogP contribution < -0.4 is 15.4 Å². The third-order valence-corrected chi connectivity index (χ3v) is 4.00. The van der Waals surface area contributed by atoms with Crippen LogP contribution in [0.15, 0.2) is 18.5 Å². The number of amides is 2. The van der Waals surface area contributed by atoms with E-state index in [1.54, 1.807) is 7.05 Å². The molecule has 0 saturated carbocycles. The molecule has 1 aliphatic heterocycles. The third kappa shape index (κ3) is 3.22. The number of aromatic nitrogens is 3. The second-order valence-corrected chi connectivity index (χ2v) is 5.78. The van der Waals surface area contributed by atoms with Gasteiger partial charge in [0.15, 0.2) is 6.10 Å². The highest BCUT2D eigenvalue weighted by atomic mass is 16.5. The van der Waals surface area contributed by atoms with Crippen molar-refractivity contribution in [3.8, 4) is 5.75 Å². The van der Waals surface area contributed by atoms with Gasteiger partial charge in [-0.2, -0.15) is 0 Å². The highest BCUT2D eigenvalue weighted by Gasteiger charge is 2.30. The van der Waals surface area contributed by atoms with E-state index in [1.807, 2.05) is 26.0 Å². The minimum atomic E-state index is -0.605. The molecule has 8 nitrogen and oxygen atoms in total. The summed E-state index contributed by atoms with van der Waals surface area (Å²) in [6, 6.07) is 4.00. The lowest BCUT2D eigenvalue weighted by molar-refractivity contribution is -0.122. The Morgan fingerprint density at radius 1 is 1.33 bits per heavy atom. The molecule has 2 N–H and O–H groups in total. The smallest absolute Gasteiger partial charge is 0.268 e. The lowest BCUT2D eigenvalue weighted by Gasteiger charge is -2.09. The summed E-state index contributed by atoms with van der Waals surface area (Å²) < 4.78 is 7.08. The number of rotatable bonds is 4. The number of anilines is 1. The summed E-state index contributed by atoms with van der Waals surface area (Å²) >= 11 is 0. The Bertz CT molecular complexity index is 768. The van der Waals surface area contributed by atoms with Gasteiger partial charge in [-0.05, 0) is 36.6 Å². The van der Waals surface area contributed by atoms with Gasteiger partial charge in [0.05, 0.1) is 0 Å². The van der Waals surface area contributed by atoms with Gasteiger partial charge >= 0.3 is 0 Å². The van der Waals surface area contributed by atoms with Crippen LogP contribution in [-0.2, 0) is 22.6 Å². The molecule has 0 spiro atoms. The number of nitrogens with one attached hydrogen (secondary N) is 2. The van der Waals surface area contributed by atoms with Crippen molar-refractivity contribution in [1.82, 2.24) is 20.1 Å². The van der Waals surface area contributed by atoms with Crippen molar-refractivity contribution >= 4 is 17.8 Å². The van der Waals surface area contributed by atoms with E-state index in [0.29, 0.717) is 6.42 Å². The molecule has 8 heteroatoms. The second kappa shape index (κ2) is 6.31. The highest BCUT2D eigenvalue weighted by molar-refractivity contribution is 5.93. The Hall–Kier alpha value is -2.90. The van der Waals surface area contributed by atoms with Crippen LogP contribution in [0.4, 0.5) is 5.95 Å². The van der Waals surface area contributed by atoms with E-state index < -0.39 is 6.10 Å². The number of ether oxygens (including phenoxy) is 1. The standard InChI is InChI=1S/C16H19N5O3/c1-9-4-11-6-13(24-12(11)5-10(9)2)15(23)19-16-18-8-21(20-16)7-14(22)17-3/h4-5,8,13H,6-7H2,1-3H3,(H,17,22)(H,19,20,23). The molecule has 0 aliphatic carbocycles. The fourth-order valence-corrected chi connectivity index (χ4v) is 2.50. The predicted molar refractivity (Wildman–Crippen MR) is 86.8 cm³/mol. The molecule has 24 heavy (non-hydrogen) atoms. The molecule has 2 aromatic rings. The van der Waals surface area contributed by atoms with Gasteiger partial charge in [0.25, 0.3) is 5.91 Å². The first-order chi connectivity index (χ1) is 11.5. The van der Waals surface area contributed by atoms with Crippen LogP contribution in [0.25, 0.3) is 0 Å². The molecular weight excluding hydrogens is 310 g/mol. The van der Waals surface area contributed by atoms with Gasteiger partial charge in [0.2, 0.25) is 11.9 Å². The van der Waals surface area contributed by atoms with E-state index in [-0.39, 0.29) is 24.3 Å². The van der Waals surface area contributed by atoms with Gasteiger partial charge in [0.1, 0.15) is 18.6 Å². The Balaban J connectivity index is 1.63. The second-order valence-electron chi connectivity index (χ2n) is 5.78. The van der Waals surface area contributed by atoms with Crippen molar-refractivity contribution < 1.29 is 14.3 Å². The summed E-state index contributed by atoms with van der Waals surface area (Å²) in [5.41, 5.74) is 3.33. The normalized spacial score (nSPS) is 15.5. The van der Waals surface area contributed by atoms with Gasteiger partial charge < -0.3 is 10.1 Å². The summed E-state index contributed by atoms with van der Waals surface area (Å²) in [6.45, 7) is 4.09. The Kier molecular flexibility index (Phi) is 4.20. The zero-order chi connectivity index (χ0) is 17.3. The van der Waals surface area contributed by atoms with E-state index >= 15 is 0 Å². The van der Waals surface area contributed by atoms with Crippen LogP contribution in [0.1, 0.15) is 16.7 Å². The van der Waals surface area contributed by atoms with Crippen molar-refractivity contribution in [3.63, 3.8) is 0 Å². The fraction of sp³-hybridized carbons (Fsp3) is 0.375. The first kappa shape index (κ1) is 16.0. The molecule has 0 radical (unpaired) electrons. The fourth-order valence-electron chi connectivity index (χ4n) is 2.50. The Morgan fingerprint density at radius 3 is 2.83 bits per heavy atom. The number of nitrogens with zero attached hydrogens (tertiary/aromatic N) is 3. The SMILES string of the molecule is CNC(=O)Cn1cnc(NC(=O)C2Cc3cc(C)c(C)cc3O2)n1. The summed E-state index contributed by atoms with van der Waals surface area (Å²) in [4.78, 5) is 27.6. The van der Waals surface area contributed by atoms with Crippen LogP contribution in [0.2, 0.25) is 0 Å². The van der Waals surface area contributed by atoms with Crippen LogP contribution in [0.3, 0.4) is 0 Å². The maximum Gasteiger partial charge on any atom is 0.268 e. The molecule has 0 bridgehead atoms.